The van der Waals surface area contributed by atoms with Gasteiger partial charge >= 0.3 is 0 Å². The molecule has 1 heterocycles. The van der Waals surface area contributed by atoms with Crippen LogP contribution in [0, 0.1) is 0 Å². The number of piperidine rings is 1. The largest absolute Gasteiger partial charge is 0.352 e. The number of hydrogen-bond acceptors (Lipinski definition) is 3. The molecule has 0 saturated carbocycles. The molecular formula is C15H31N3O. The van der Waals surface area contributed by atoms with E-state index in [4.69, 9.17) is 0 Å². The van der Waals surface area contributed by atoms with Gasteiger partial charge in [0.25, 0.3) is 0 Å². The highest BCUT2D eigenvalue weighted by molar-refractivity contribution is 5.81. The first kappa shape index (κ1) is 16.4. The Hall–Kier alpha value is -0.610. The molecule has 1 aliphatic heterocycles. The Morgan fingerprint density at radius 1 is 1.42 bits per heavy atom. The Balaban J connectivity index is 2.33. The average Bonchev–Trinajstić information content (AvgIpc) is 2.34. The van der Waals surface area contributed by atoms with Crippen LogP contribution in [0.3, 0.4) is 0 Å². The lowest BCUT2D eigenvalue weighted by molar-refractivity contribution is -0.123. The highest BCUT2D eigenvalue weighted by atomic mass is 16.2. The first-order valence-electron chi connectivity index (χ1n) is 7.70. The second-order valence-corrected chi connectivity index (χ2v) is 6.14. The van der Waals surface area contributed by atoms with E-state index in [-0.39, 0.29) is 18.0 Å². The summed E-state index contributed by atoms with van der Waals surface area (Å²) in [4.78, 5) is 14.4. The van der Waals surface area contributed by atoms with Crippen LogP contribution in [-0.2, 0) is 4.79 Å². The summed E-state index contributed by atoms with van der Waals surface area (Å²) in [6.07, 6.45) is 4.40. The quantitative estimate of drug-likeness (QED) is 0.772. The van der Waals surface area contributed by atoms with Crippen LogP contribution in [0.4, 0.5) is 0 Å². The molecule has 0 bridgehead atoms. The smallest absolute Gasteiger partial charge is 0.237 e. The molecule has 0 aromatic heterocycles. The summed E-state index contributed by atoms with van der Waals surface area (Å²) >= 11 is 0. The van der Waals surface area contributed by atoms with Crippen molar-refractivity contribution in [3.8, 4) is 0 Å². The molecular weight excluding hydrogens is 238 g/mol. The van der Waals surface area contributed by atoms with Gasteiger partial charge in [0.2, 0.25) is 5.91 Å². The van der Waals surface area contributed by atoms with Crippen molar-refractivity contribution in [1.29, 1.82) is 0 Å². The van der Waals surface area contributed by atoms with Crippen molar-refractivity contribution in [1.82, 2.24) is 15.5 Å². The third-order valence-electron chi connectivity index (χ3n) is 4.20. The number of carbonyl (C=O) groups excluding carboxylic acids is 1. The fraction of sp³-hybridized carbons (Fsp3) is 0.933. The SMILES string of the molecule is CCCC(C)NC(=O)C(C)NC1CCN(C)C(C)C1. The van der Waals surface area contributed by atoms with Gasteiger partial charge < -0.3 is 15.5 Å². The van der Waals surface area contributed by atoms with E-state index in [0.717, 1.165) is 32.2 Å². The maximum Gasteiger partial charge on any atom is 0.237 e. The molecule has 19 heavy (non-hydrogen) atoms. The summed E-state index contributed by atoms with van der Waals surface area (Å²) in [7, 11) is 2.17. The highest BCUT2D eigenvalue weighted by Crippen LogP contribution is 2.15. The Kier molecular flexibility index (Phi) is 6.80. The molecule has 0 aromatic carbocycles. The molecule has 1 rings (SSSR count). The van der Waals surface area contributed by atoms with Crippen LogP contribution < -0.4 is 10.6 Å². The predicted molar refractivity (Wildman–Crippen MR) is 80.2 cm³/mol. The van der Waals surface area contributed by atoms with E-state index < -0.39 is 0 Å². The zero-order valence-electron chi connectivity index (χ0n) is 13.2. The van der Waals surface area contributed by atoms with Crippen molar-refractivity contribution in [2.75, 3.05) is 13.6 Å². The van der Waals surface area contributed by atoms with Gasteiger partial charge in [0.05, 0.1) is 6.04 Å². The van der Waals surface area contributed by atoms with Crippen molar-refractivity contribution < 1.29 is 4.79 Å². The van der Waals surface area contributed by atoms with Crippen LogP contribution in [0.5, 0.6) is 0 Å². The molecule has 0 aliphatic carbocycles. The molecule has 112 valence electrons. The van der Waals surface area contributed by atoms with Gasteiger partial charge in [-0.15, -0.1) is 0 Å². The van der Waals surface area contributed by atoms with Crippen molar-refractivity contribution in [2.24, 2.45) is 0 Å². The first-order chi connectivity index (χ1) is 8.93. The second kappa shape index (κ2) is 7.85. The van der Waals surface area contributed by atoms with Gasteiger partial charge in [-0.3, -0.25) is 4.79 Å². The van der Waals surface area contributed by atoms with Crippen LogP contribution in [0.1, 0.15) is 53.4 Å². The van der Waals surface area contributed by atoms with E-state index >= 15 is 0 Å². The lowest BCUT2D eigenvalue weighted by Crippen LogP contribution is -2.52. The maximum absolute atomic E-state index is 12.1. The van der Waals surface area contributed by atoms with E-state index in [0.29, 0.717) is 12.1 Å². The van der Waals surface area contributed by atoms with E-state index in [1.807, 2.05) is 6.92 Å². The minimum Gasteiger partial charge on any atom is -0.352 e. The average molecular weight is 269 g/mol. The Labute approximate surface area is 118 Å². The highest BCUT2D eigenvalue weighted by Gasteiger charge is 2.25. The van der Waals surface area contributed by atoms with Crippen LogP contribution in [0.25, 0.3) is 0 Å². The number of rotatable bonds is 6. The number of hydrogen-bond donors (Lipinski definition) is 2. The molecule has 0 aromatic rings. The lowest BCUT2D eigenvalue weighted by atomic mass is 9.98. The minimum atomic E-state index is -0.0973. The molecule has 0 spiro atoms. The number of likely N-dealkylation sites (tertiary alicyclic amines) is 1. The molecule has 4 heteroatoms. The van der Waals surface area contributed by atoms with Gasteiger partial charge in [-0.05, 0) is 53.6 Å². The van der Waals surface area contributed by atoms with Crippen molar-refractivity contribution >= 4 is 5.91 Å². The lowest BCUT2D eigenvalue weighted by Gasteiger charge is -2.36. The predicted octanol–water partition coefficient (Wildman–Crippen LogP) is 1.75. The van der Waals surface area contributed by atoms with Gasteiger partial charge in [0.15, 0.2) is 0 Å². The second-order valence-electron chi connectivity index (χ2n) is 6.14. The number of nitrogens with one attached hydrogen (secondary N) is 2. The first-order valence-corrected chi connectivity index (χ1v) is 7.70. The minimum absolute atomic E-state index is 0.0973. The summed E-state index contributed by atoms with van der Waals surface area (Å²) in [5.74, 6) is 0.132. The summed E-state index contributed by atoms with van der Waals surface area (Å²) in [6, 6.07) is 1.24. The van der Waals surface area contributed by atoms with Crippen LogP contribution in [-0.4, -0.2) is 48.6 Å². The Bertz CT molecular complexity index is 283. The van der Waals surface area contributed by atoms with Crippen molar-refractivity contribution in [2.45, 2.75) is 77.5 Å². The molecule has 1 aliphatic rings. The number of nitrogens with zero attached hydrogens (tertiary/aromatic N) is 1. The fourth-order valence-electron chi connectivity index (χ4n) is 2.74. The van der Waals surface area contributed by atoms with Crippen molar-refractivity contribution in [3.05, 3.63) is 0 Å². The molecule has 1 saturated heterocycles. The number of carbonyl (C=O) groups is 1. The fourth-order valence-corrected chi connectivity index (χ4v) is 2.74. The normalized spacial score (nSPS) is 27.8. The van der Waals surface area contributed by atoms with Crippen molar-refractivity contribution in [3.63, 3.8) is 0 Å². The topological polar surface area (TPSA) is 44.4 Å². The molecule has 1 amide bonds. The molecule has 4 unspecified atom stereocenters. The van der Waals surface area contributed by atoms with E-state index in [2.05, 4.69) is 43.4 Å². The van der Waals surface area contributed by atoms with Gasteiger partial charge in [0.1, 0.15) is 0 Å². The van der Waals surface area contributed by atoms with Gasteiger partial charge in [-0.2, -0.15) is 0 Å². The van der Waals surface area contributed by atoms with Crippen LogP contribution in [0.2, 0.25) is 0 Å². The van der Waals surface area contributed by atoms with Crippen LogP contribution >= 0.6 is 0 Å². The monoisotopic (exact) mass is 269 g/mol. The molecule has 1 fully saturated rings. The number of amides is 1. The third kappa shape index (κ3) is 5.49. The van der Waals surface area contributed by atoms with E-state index in [9.17, 15) is 4.79 Å². The zero-order valence-corrected chi connectivity index (χ0v) is 13.2. The molecule has 0 radical (unpaired) electrons. The standard InChI is InChI=1S/C15H31N3O/c1-6-7-11(2)16-15(19)13(4)17-14-8-9-18(5)12(3)10-14/h11-14,17H,6-10H2,1-5H3,(H,16,19). The summed E-state index contributed by atoms with van der Waals surface area (Å²) in [5, 5.41) is 6.56. The van der Waals surface area contributed by atoms with Gasteiger partial charge in [-0.1, -0.05) is 13.3 Å². The summed E-state index contributed by atoms with van der Waals surface area (Å²) in [5.41, 5.74) is 0. The summed E-state index contributed by atoms with van der Waals surface area (Å²) in [6.45, 7) is 9.55. The molecule has 2 N–H and O–H groups in total. The Morgan fingerprint density at radius 2 is 2.11 bits per heavy atom. The molecule has 4 atom stereocenters. The molecule has 4 nitrogen and oxygen atoms in total. The maximum atomic E-state index is 12.1. The van der Waals surface area contributed by atoms with E-state index in [1.54, 1.807) is 0 Å². The van der Waals surface area contributed by atoms with E-state index in [1.165, 1.54) is 0 Å². The third-order valence-corrected chi connectivity index (χ3v) is 4.20. The van der Waals surface area contributed by atoms with Gasteiger partial charge in [0, 0.05) is 18.1 Å². The zero-order chi connectivity index (χ0) is 14.4. The Morgan fingerprint density at radius 3 is 2.68 bits per heavy atom. The summed E-state index contributed by atoms with van der Waals surface area (Å²) < 4.78 is 0. The van der Waals surface area contributed by atoms with Gasteiger partial charge in [-0.25, -0.2) is 0 Å². The van der Waals surface area contributed by atoms with Crippen LogP contribution in [0.15, 0.2) is 0 Å².